The third-order valence-corrected chi connectivity index (χ3v) is 4.28. The highest BCUT2D eigenvalue weighted by Crippen LogP contribution is 2.26. The molecule has 2 saturated heterocycles. The second-order valence-corrected chi connectivity index (χ2v) is 5.58. The summed E-state index contributed by atoms with van der Waals surface area (Å²) >= 11 is 0. The number of piperidine rings is 1. The molecule has 0 radical (unpaired) electrons. The standard InChI is InChI=1S/C13H22N2O3/c1-9(13(17)18)11-7-15(8-11)12(16)6-10-2-4-14-5-3-10/h9-11,14H,2-8H2,1H3,(H,17,18). The summed E-state index contributed by atoms with van der Waals surface area (Å²) in [6.45, 7) is 4.99. The van der Waals surface area contributed by atoms with Crippen molar-refractivity contribution in [2.24, 2.45) is 17.8 Å². The van der Waals surface area contributed by atoms with Crippen LogP contribution in [0.4, 0.5) is 0 Å². The Morgan fingerprint density at radius 1 is 1.33 bits per heavy atom. The second kappa shape index (κ2) is 5.69. The number of hydrogen-bond acceptors (Lipinski definition) is 3. The van der Waals surface area contributed by atoms with Crippen molar-refractivity contribution in [1.29, 1.82) is 0 Å². The van der Waals surface area contributed by atoms with Crippen molar-refractivity contribution in [3.8, 4) is 0 Å². The maximum Gasteiger partial charge on any atom is 0.306 e. The summed E-state index contributed by atoms with van der Waals surface area (Å²) in [5.74, 6) is -0.247. The van der Waals surface area contributed by atoms with Gasteiger partial charge in [-0.2, -0.15) is 0 Å². The predicted octanol–water partition coefficient (Wildman–Crippen LogP) is 0.555. The summed E-state index contributed by atoms with van der Waals surface area (Å²) in [6.07, 6.45) is 2.79. The van der Waals surface area contributed by atoms with Gasteiger partial charge in [-0.25, -0.2) is 0 Å². The number of rotatable bonds is 4. The Morgan fingerprint density at radius 3 is 2.50 bits per heavy atom. The van der Waals surface area contributed by atoms with E-state index >= 15 is 0 Å². The van der Waals surface area contributed by atoms with E-state index in [-0.39, 0.29) is 17.7 Å². The minimum atomic E-state index is -0.759. The number of aliphatic carboxylic acids is 1. The molecule has 2 aliphatic rings. The maximum atomic E-state index is 12.0. The molecular formula is C13H22N2O3. The smallest absolute Gasteiger partial charge is 0.306 e. The number of carbonyl (C=O) groups is 2. The van der Waals surface area contributed by atoms with E-state index < -0.39 is 5.97 Å². The van der Waals surface area contributed by atoms with Crippen molar-refractivity contribution in [3.63, 3.8) is 0 Å². The summed E-state index contributed by atoms with van der Waals surface area (Å²) in [5.41, 5.74) is 0. The van der Waals surface area contributed by atoms with E-state index in [0.29, 0.717) is 25.4 Å². The lowest BCUT2D eigenvalue weighted by Gasteiger charge is -2.42. The van der Waals surface area contributed by atoms with Gasteiger partial charge in [-0.3, -0.25) is 9.59 Å². The molecule has 0 aliphatic carbocycles. The van der Waals surface area contributed by atoms with Crippen molar-refractivity contribution < 1.29 is 14.7 Å². The molecule has 5 heteroatoms. The van der Waals surface area contributed by atoms with Crippen molar-refractivity contribution >= 4 is 11.9 Å². The second-order valence-electron chi connectivity index (χ2n) is 5.58. The molecule has 1 atom stereocenters. The summed E-state index contributed by atoms with van der Waals surface area (Å²) in [6, 6.07) is 0. The highest BCUT2D eigenvalue weighted by molar-refractivity contribution is 5.78. The number of nitrogens with one attached hydrogen (secondary N) is 1. The molecule has 0 spiro atoms. The van der Waals surface area contributed by atoms with Crippen molar-refractivity contribution in [3.05, 3.63) is 0 Å². The van der Waals surface area contributed by atoms with Crippen LogP contribution in [0.5, 0.6) is 0 Å². The van der Waals surface area contributed by atoms with Crippen molar-refractivity contribution in [2.45, 2.75) is 26.2 Å². The summed E-state index contributed by atoms with van der Waals surface area (Å²) < 4.78 is 0. The minimum Gasteiger partial charge on any atom is -0.481 e. The molecule has 2 heterocycles. The summed E-state index contributed by atoms with van der Waals surface area (Å²) in [5, 5.41) is 12.2. The number of carboxylic acids is 1. The number of carbonyl (C=O) groups excluding carboxylic acids is 1. The monoisotopic (exact) mass is 254 g/mol. The van der Waals surface area contributed by atoms with Gasteiger partial charge in [-0.15, -0.1) is 0 Å². The highest BCUT2D eigenvalue weighted by Gasteiger charge is 2.37. The molecule has 2 aliphatic heterocycles. The molecule has 2 N–H and O–H groups in total. The lowest BCUT2D eigenvalue weighted by Crippen LogP contribution is -2.53. The van der Waals surface area contributed by atoms with Gasteiger partial charge in [0.15, 0.2) is 0 Å². The Kier molecular flexibility index (Phi) is 4.22. The zero-order chi connectivity index (χ0) is 13.1. The third kappa shape index (κ3) is 3.02. The lowest BCUT2D eigenvalue weighted by atomic mass is 9.86. The van der Waals surface area contributed by atoms with E-state index in [1.807, 2.05) is 4.90 Å². The Labute approximate surface area is 108 Å². The van der Waals surface area contributed by atoms with E-state index in [4.69, 9.17) is 5.11 Å². The summed E-state index contributed by atoms with van der Waals surface area (Å²) in [7, 11) is 0. The van der Waals surface area contributed by atoms with Crippen LogP contribution < -0.4 is 5.32 Å². The molecule has 5 nitrogen and oxygen atoms in total. The van der Waals surface area contributed by atoms with Gasteiger partial charge >= 0.3 is 5.97 Å². The molecule has 0 aromatic rings. The van der Waals surface area contributed by atoms with E-state index in [1.165, 1.54) is 0 Å². The van der Waals surface area contributed by atoms with E-state index in [2.05, 4.69) is 5.32 Å². The number of amides is 1. The van der Waals surface area contributed by atoms with Crippen LogP contribution in [0.3, 0.4) is 0 Å². The summed E-state index contributed by atoms with van der Waals surface area (Å²) in [4.78, 5) is 24.6. The first-order chi connectivity index (χ1) is 8.58. The first-order valence-corrected chi connectivity index (χ1v) is 6.79. The number of carboxylic acid groups (broad SMARTS) is 1. The molecule has 1 unspecified atom stereocenters. The van der Waals surface area contributed by atoms with Gasteiger partial charge in [0.2, 0.25) is 5.91 Å². The van der Waals surface area contributed by atoms with E-state index in [9.17, 15) is 9.59 Å². The normalized spacial score (nSPS) is 23.5. The minimum absolute atomic E-state index is 0.138. The quantitative estimate of drug-likeness (QED) is 0.769. The van der Waals surface area contributed by atoms with Gasteiger partial charge in [0.1, 0.15) is 0 Å². The van der Waals surface area contributed by atoms with Gasteiger partial charge in [-0.1, -0.05) is 6.92 Å². The number of hydrogen-bond donors (Lipinski definition) is 2. The van der Waals surface area contributed by atoms with Crippen molar-refractivity contribution in [1.82, 2.24) is 10.2 Å². The van der Waals surface area contributed by atoms with Gasteiger partial charge < -0.3 is 15.3 Å². The van der Waals surface area contributed by atoms with Crippen LogP contribution in [0, 0.1) is 17.8 Å². The van der Waals surface area contributed by atoms with Crippen LogP contribution in [0.15, 0.2) is 0 Å². The number of likely N-dealkylation sites (tertiary alicyclic amines) is 1. The molecule has 2 fully saturated rings. The Balaban J connectivity index is 1.71. The molecule has 0 bridgehead atoms. The Morgan fingerprint density at radius 2 is 1.94 bits per heavy atom. The molecule has 2 rings (SSSR count). The van der Waals surface area contributed by atoms with Crippen LogP contribution in [0.2, 0.25) is 0 Å². The molecule has 18 heavy (non-hydrogen) atoms. The largest absolute Gasteiger partial charge is 0.481 e. The van der Waals surface area contributed by atoms with E-state index in [0.717, 1.165) is 25.9 Å². The highest BCUT2D eigenvalue weighted by atomic mass is 16.4. The zero-order valence-corrected chi connectivity index (χ0v) is 10.9. The van der Waals surface area contributed by atoms with Crippen LogP contribution in [-0.4, -0.2) is 48.1 Å². The SMILES string of the molecule is CC(C(=O)O)C1CN(C(=O)CC2CCNCC2)C1. The molecule has 0 aromatic carbocycles. The molecular weight excluding hydrogens is 232 g/mol. The Hall–Kier alpha value is -1.10. The maximum absolute atomic E-state index is 12.0. The van der Waals surface area contributed by atoms with Gasteiger partial charge in [0, 0.05) is 25.4 Å². The average molecular weight is 254 g/mol. The topological polar surface area (TPSA) is 69.6 Å². The fourth-order valence-corrected chi connectivity index (χ4v) is 2.70. The van der Waals surface area contributed by atoms with Crippen LogP contribution in [0.25, 0.3) is 0 Å². The van der Waals surface area contributed by atoms with Gasteiger partial charge in [-0.05, 0) is 31.8 Å². The lowest BCUT2D eigenvalue weighted by molar-refractivity contribution is -0.151. The Bertz CT molecular complexity index is 320. The van der Waals surface area contributed by atoms with Crippen LogP contribution >= 0.6 is 0 Å². The molecule has 1 amide bonds. The fourth-order valence-electron chi connectivity index (χ4n) is 2.70. The average Bonchev–Trinajstić information content (AvgIpc) is 2.28. The van der Waals surface area contributed by atoms with Crippen LogP contribution in [-0.2, 0) is 9.59 Å². The van der Waals surface area contributed by atoms with E-state index in [1.54, 1.807) is 6.92 Å². The fraction of sp³-hybridized carbons (Fsp3) is 0.846. The first-order valence-electron chi connectivity index (χ1n) is 6.79. The molecule has 0 aromatic heterocycles. The predicted molar refractivity (Wildman–Crippen MR) is 67.1 cm³/mol. The molecule has 0 saturated carbocycles. The van der Waals surface area contributed by atoms with Crippen molar-refractivity contribution in [2.75, 3.05) is 26.2 Å². The van der Waals surface area contributed by atoms with Gasteiger partial charge in [0.05, 0.1) is 5.92 Å². The third-order valence-electron chi connectivity index (χ3n) is 4.28. The van der Waals surface area contributed by atoms with Crippen LogP contribution in [0.1, 0.15) is 26.2 Å². The zero-order valence-electron chi connectivity index (χ0n) is 10.9. The van der Waals surface area contributed by atoms with Gasteiger partial charge in [0.25, 0.3) is 0 Å². The first kappa shape index (κ1) is 13.3. The molecule has 102 valence electrons. The number of nitrogens with zero attached hydrogens (tertiary/aromatic N) is 1.